The van der Waals surface area contributed by atoms with E-state index in [-0.39, 0.29) is 30.9 Å². The van der Waals surface area contributed by atoms with Gasteiger partial charge in [-0.1, -0.05) is 46.5 Å². The van der Waals surface area contributed by atoms with Gasteiger partial charge >= 0.3 is 11.9 Å². The Morgan fingerprint density at radius 3 is 2.18 bits per heavy atom. The molecule has 0 saturated carbocycles. The summed E-state index contributed by atoms with van der Waals surface area (Å²) in [7, 11) is 0. The Balaban J connectivity index is 4.06. The normalized spacial score (nSPS) is 11.8. The number of rotatable bonds is 9. The van der Waals surface area contributed by atoms with E-state index in [9.17, 15) is 9.59 Å². The molecule has 126 valence electrons. The smallest absolute Gasteiger partial charge is 0.307 e. The van der Waals surface area contributed by atoms with Crippen molar-refractivity contribution in [3.63, 3.8) is 0 Å². The van der Waals surface area contributed by atoms with Gasteiger partial charge in [0, 0.05) is 19.3 Å². The maximum absolute atomic E-state index is 11.8. The second-order valence-electron chi connectivity index (χ2n) is 6.21. The molecule has 0 saturated heterocycles. The molecule has 0 heterocycles. The highest BCUT2D eigenvalue weighted by molar-refractivity contribution is 5.72. The Labute approximate surface area is 134 Å². The predicted octanol–water partition coefficient (Wildman–Crippen LogP) is 3.73. The van der Waals surface area contributed by atoms with Gasteiger partial charge in [0.2, 0.25) is 0 Å². The van der Waals surface area contributed by atoms with Crippen LogP contribution in [0.5, 0.6) is 0 Å². The van der Waals surface area contributed by atoms with Gasteiger partial charge in [0.25, 0.3) is 0 Å². The van der Waals surface area contributed by atoms with Crippen molar-refractivity contribution in [3.05, 3.63) is 0 Å². The van der Waals surface area contributed by atoms with Crippen molar-refractivity contribution in [3.8, 4) is 11.8 Å². The van der Waals surface area contributed by atoms with Crippen LogP contribution in [0.25, 0.3) is 0 Å². The lowest BCUT2D eigenvalue weighted by Gasteiger charge is -2.14. The maximum atomic E-state index is 11.8. The van der Waals surface area contributed by atoms with E-state index in [4.69, 9.17) is 9.47 Å². The van der Waals surface area contributed by atoms with E-state index in [0.29, 0.717) is 24.9 Å². The molecule has 0 rings (SSSR count). The summed E-state index contributed by atoms with van der Waals surface area (Å²) in [5.74, 6) is 6.12. The standard InChI is InChI=1S/C18H30O4/c1-6-7-9-16(12-14(2)3)22-18(20)11-8-10-17(19)21-13-15(4)5/h14-16H,6,8,10-13H2,1-5H3. The van der Waals surface area contributed by atoms with Gasteiger partial charge in [-0.05, 0) is 24.7 Å². The maximum Gasteiger partial charge on any atom is 0.307 e. The van der Waals surface area contributed by atoms with Crippen LogP contribution in [0.15, 0.2) is 0 Å². The molecule has 0 spiro atoms. The topological polar surface area (TPSA) is 52.6 Å². The molecule has 4 heteroatoms. The van der Waals surface area contributed by atoms with E-state index in [2.05, 4.69) is 25.7 Å². The fraction of sp³-hybridized carbons (Fsp3) is 0.778. The van der Waals surface area contributed by atoms with Gasteiger partial charge in [0.1, 0.15) is 0 Å². The van der Waals surface area contributed by atoms with Gasteiger partial charge in [0.15, 0.2) is 6.10 Å². The molecule has 0 aromatic carbocycles. The highest BCUT2D eigenvalue weighted by Crippen LogP contribution is 2.10. The van der Waals surface area contributed by atoms with E-state index in [1.165, 1.54) is 0 Å². The Hall–Kier alpha value is -1.50. The van der Waals surface area contributed by atoms with Crippen molar-refractivity contribution < 1.29 is 19.1 Å². The number of ether oxygens (including phenoxy) is 2. The van der Waals surface area contributed by atoms with E-state index in [1.54, 1.807) is 0 Å². The molecule has 0 aliphatic carbocycles. The Bertz CT molecular complexity index is 388. The minimum Gasteiger partial charge on any atom is -0.465 e. The van der Waals surface area contributed by atoms with Crippen molar-refractivity contribution in [2.24, 2.45) is 11.8 Å². The lowest BCUT2D eigenvalue weighted by molar-refractivity contribution is -0.148. The summed E-state index contributed by atoms with van der Waals surface area (Å²) in [5.41, 5.74) is 0. The van der Waals surface area contributed by atoms with Crippen LogP contribution in [-0.2, 0) is 19.1 Å². The van der Waals surface area contributed by atoms with Crippen LogP contribution in [0, 0.1) is 23.7 Å². The summed E-state index contributed by atoms with van der Waals surface area (Å²) in [4.78, 5) is 23.2. The van der Waals surface area contributed by atoms with Crippen LogP contribution in [0.2, 0.25) is 0 Å². The van der Waals surface area contributed by atoms with Gasteiger partial charge in [-0.3, -0.25) is 9.59 Å². The van der Waals surface area contributed by atoms with E-state index < -0.39 is 0 Å². The van der Waals surface area contributed by atoms with Crippen molar-refractivity contribution in [1.82, 2.24) is 0 Å². The Kier molecular flexibility index (Phi) is 11.3. The molecule has 0 aromatic rings. The van der Waals surface area contributed by atoms with E-state index >= 15 is 0 Å². The first-order valence-corrected chi connectivity index (χ1v) is 8.18. The van der Waals surface area contributed by atoms with Crippen LogP contribution in [0.4, 0.5) is 0 Å². The molecular weight excluding hydrogens is 280 g/mol. The summed E-state index contributed by atoms with van der Waals surface area (Å²) in [6.45, 7) is 10.5. The molecule has 0 fully saturated rings. The zero-order valence-electron chi connectivity index (χ0n) is 14.6. The minimum absolute atomic E-state index is 0.221. The summed E-state index contributed by atoms with van der Waals surface area (Å²) < 4.78 is 10.4. The average Bonchev–Trinajstić information content (AvgIpc) is 2.41. The molecule has 0 bridgehead atoms. The number of carbonyl (C=O) groups is 2. The predicted molar refractivity (Wildman–Crippen MR) is 87.1 cm³/mol. The average molecular weight is 310 g/mol. The van der Waals surface area contributed by atoms with Crippen LogP contribution >= 0.6 is 0 Å². The molecule has 0 N–H and O–H groups in total. The number of carbonyl (C=O) groups excluding carboxylic acids is 2. The highest BCUT2D eigenvalue weighted by atomic mass is 16.5. The SMILES string of the molecule is CCC#CC(CC(C)C)OC(=O)CCCC(=O)OCC(C)C. The Morgan fingerprint density at radius 2 is 1.64 bits per heavy atom. The lowest BCUT2D eigenvalue weighted by atomic mass is 10.1. The molecule has 0 aliphatic heterocycles. The molecule has 0 radical (unpaired) electrons. The molecule has 0 aromatic heterocycles. The molecule has 22 heavy (non-hydrogen) atoms. The first kappa shape index (κ1) is 20.5. The highest BCUT2D eigenvalue weighted by Gasteiger charge is 2.14. The van der Waals surface area contributed by atoms with Gasteiger partial charge in [-0.15, -0.1) is 0 Å². The second-order valence-corrected chi connectivity index (χ2v) is 6.21. The fourth-order valence-corrected chi connectivity index (χ4v) is 1.71. The zero-order valence-corrected chi connectivity index (χ0v) is 14.6. The third-order valence-corrected chi connectivity index (χ3v) is 2.74. The molecular formula is C18H30O4. The number of hydrogen-bond donors (Lipinski definition) is 0. The van der Waals surface area contributed by atoms with E-state index in [1.807, 2.05) is 20.8 Å². The van der Waals surface area contributed by atoms with Crippen LogP contribution in [0.3, 0.4) is 0 Å². The first-order valence-electron chi connectivity index (χ1n) is 8.18. The monoisotopic (exact) mass is 310 g/mol. The molecule has 4 nitrogen and oxygen atoms in total. The van der Waals surface area contributed by atoms with Gasteiger partial charge in [-0.25, -0.2) is 0 Å². The molecule has 1 unspecified atom stereocenters. The van der Waals surface area contributed by atoms with Gasteiger partial charge < -0.3 is 9.47 Å². The van der Waals surface area contributed by atoms with E-state index in [0.717, 1.165) is 12.8 Å². The Morgan fingerprint density at radius 1 is 1.00 bits per heavy atom. The summed E-state index contributed by atoms with van der Waals surface area (Å²) in [6, 6.07) is 0. The van der Waals surface area contributed by atoms with Crippen LogP contribution < -0.4 is 0 Å². The van der Waals surface area contributed by atoms with Crippen molar-refractivity contribution in [1.29, 1.82) is 0 Å². The van der Waals surface area contributed by atoms with Gasteiger partial charge in [0.05, 0.1) is 6.61 Å². The molecule has 0 aliphatic rings. The third-order valence-electron chi connectivity index (χ3n) is 2.74. The second kappa shape index (κ2) is 12.1. The van der Waals surface area contributed by atoms with Gasteiger partial charge in [-0.2, -0.15) is 0 Å². The van der Waals surface area contributed by atoms with Crippen molar-refractivity contribution >= 4 is 11.9 Å². The zero-order chi connectivity index (χ0) is 17.0. The quantitative estimate of drug-likeness (QED) is 0.481. The number of esters is 2. The summed E-state index contributed by atoms with van der Waals surface area (Å²) in [6.07, 6.45) is 2.05. The fourth-order valence-electron chi connectivity index (χ4n) is 1.71. The molecule has 0 amide bonds. The lowest BCUT2D eigenvalue weighted by Crippen LogP contribution is -2.19. The van der Waals surface area contributed by atoms with Crippen molar-refractivity contribution in [2.45, 2.75) is 72.8 Å². The first-order chi connectivity index (χ1) is 10.3. The third kappa shape index (κ3) is 12.3. The van der Waals surface area contributed by atoms with Crippen LogP contribution in [0.1, 0.15) is 66.7 Å². The summed E-state index contributed by atoms with van der Waals surface area (Å²) >= 11 is 0. The molecule has 1 atom stereocenters. The number of hydrogen-bond acceptors (Lipinski definition) is 4. The largest absolute Gasteiger partial charge is 0.465 e. The summed E-state index contributed by atoms with van der Waals surface area (Å²) in [5, 5.41) is 0. The minimum atomic E-state index is -0.347. The van der Waals surface area contributed by atoms with Crippen molar-refractivity contribution in [2.75, 3.05) is 6.61 Å². The van der Waals surface area contributed by atoms with Crippen LogP contribution in [-0.4, -0.2) is 24.6 Å².